The van der Waals surface area contributed by atoms with Gasteiger partial charge in [-0.1, -0.05) is 24.6 Å². The van der Waals surface area contributed by atoms with Crippen LogP contribution in [0.15, 0.2) is 11.6 Å². The molecule has 0 aromatic rings. The van der Waals surface area contributed by atoms with E-state index in [0.717, 1.165) is 26.1 Å². The van der Waals surface area contributed by atoms with Crippen LogP contribution in [0.1, 0.15) is 19.8 Å². The van der Waals surface area contributed by atoms with Crippen molar-refractivity contribution in [3.63, 3.8) is 0 Å². The second kappa shape index (κ2) is 6.41. The van der Waals surface area contributed by atoms with Crippen molar-refractivity contribution in [3.05, 3.63) is 11.6 Å². The van der Waals surface area contributed by atoms with Gasteiger partial charge in [0.1, 0.15) is 0 Å². The van der Waals surface area contributed by atoms with Crippen molar-refractivity contribution in [2.75, 3.05) is 19.7 Å². The molecular formula is C10H18ClNO. The van der Waals surface area contributed by atoms with E-state index in [2.05, 4.69) is 12.2 Å². The SMILES string of the molecule is CCC1OCCC1CNC/C=C/Cl. The van der Waals surface area contributed by atoms with Gasteiger partial charge in [-0.15, -0.1) is 0 Å². The number of ether oxygens (including phenoxy) is 1. The van der Waals surface area contributed by atoms with Gasteiger partial charge in [-0.05, 0) is 18.8 Å². The Bertz CT molecular complexity index is 161. The smallest absolute Gasteiger partial charge is 0.0613 e. The molecule has 1 fully saturated rings. The van der Waals surface area contributed by atoms with Crippen molar-refractivity contribution in [3.8, 4) is 0 Å². The van der Waals surface area contributed by atoms with Crippen LogP contribution in [0.5, 0.6) is 0 Å². The Balaban J connectivity index is 2.12. The van der Waals surface area contributed by atoms with E-state index in [1.807, 2.05) is 6.08 Å². The molecule has 1 saturated heterocycles. The average Bonchev–Trinajstić information content (AvgIpc) is 2.60. The molecule has 2 atom stereocenters. The molecule has 0 aromatic carbocycles. The third-order valence-corrected chi connectivity index (χ3v) is 2.68. The highest BCUT2D eigenvalue weighted by atomic mass is 35.5. The average molecular weight is 204 g/mol. The lowest BCUT2D eigenvalue weighted by atomic mass is 10.00. The molecule has 1 aliphatic heterocycles. The van der Waals surface area contributed by atoms with E-state index in [1.54, 1.807) is 5.54 Å². The number of hydrogen-bond acceptors (Lipinski definition) is 2. The summed E-state index contributed by atoms with van der Waals surface area (Å²) in [5.41, 5.74) is 1.55. The molecule has 2 unspecified atom stereocenters. The topological polar surface area (TPSA) is 21.3 Å². The van der Waals surface area contributed by atoms with Gasteiger partial charge < -0.3 is 10.1 Å². The Morgan fingerprint density at radius 2 is 2.46 bits per heavy atom. The summed E-state index contributed by atoms with van der Waals surface area (Å²) in [4.78, 5) is 0. The second-order valence-electron chi connectivity index (χ2n) is 3.39. The monoisotopic (exact) mass is 203 g/mol. The van der Waals surface area contributed by atoms with Crippen molar-refractivity contribution < 1.29 is 4.74 Å². The van der Waals surface area contributed by atoms with Crippen molar-refractivity contribution >= 4 is 11.6 Å². The lowest BCUT2D eigenvalue weighted by molar-refractivity contribution is 0.0875. The normalized spacial score (nSPS) is 28.8. The van der Waals surface area contributed by atoms with Gasteiger partial charge in [-0.25, -0.2) is 0 Å². The molecule has 0 amide bonds. The van der Waals surface area contributed by atoms with Crippen LogP contribution in [0.3, 0.4) is 0 Å². The molecule has 0 radical (unpaired) electrons. The van der Waals surface area contributed by atoms with Gasteiger partial charge in [0.2, 0.25) is 0 Å². The summed E-state index contributed by atoms with van der Waals surface area (Å²) in [6.07, 6.45) is 4.69. The molecule has 0 aliphatic carbocycles. The third kappa shape index (κ3) is 3.67. The quantitative estimate of drug-likeness (QED) is 0.692. The number of nitrogens with one attached hydrogen (secondary N) is 1. The summed E-state index contributed by atoms with van der Waals surface area (Å²) in [5.74, 6) is 0.689. The van der Waals surface area contributed by atoms with E-state index in [0.29, 0.717) is 12.0 Å². The van der Waals surface area contributed by atoms with Crippen molar-refractivity contribution in [2.45, 2.75) is 25.9 Å². The van der Waals surface area contributed by atoms with E-state index in [-0.39, 0.29) is 0 Å². The third-order valence-electron chi connectivity index (χ3n) is 2.51. The van der Waals surface area contributed by atoms with E-state index in [9.17, 15) is 0 Å². The van der Waals surface area contributed by atoms with Crippen LogP contribution in [0.2, 0.25) is 0 Å². The maximum Gasteiger partial charge on any atom is 0.0613 e. The van der Waals surface area contributed by atoms with Gasteiger partial charge in [0.05, 0.1) is 6.10 Å². The molecule has 0 saturated carbocycles. The Kier molecular flexibility index (Phi) is 5.44. The largest absolute Gasteiger partial charge is 0.378 e. The molecule has 13 heavy (non-hydrogen) atoms. The molecule has 3 heteroatoms. The summed E-state index contributed by atoms with van der Waals surface area (Å²) in [5, 5.41) is 3.34. The molecule has 76 valence electrons. The molecule has 1 N–H and O–H groups in total. The lowest BCUT2D eigenvalue weighted by Gasteiger charge is -2.16. The maximum absolute atomic E-state index is 5.59. The van der Waals surface area contributed by atoms with Crippen LogP contribution in [-0.4, -0.2) is 25.8 Å². The van der Waals surface area contributed by atoms with Crippen molar-refractivity contribution in [1.29, 1.82) is 0 Å². The first-order valence-corrected chi connectivity index (χ1v) is 5.39. The van der Waals surface area contributed by atoms with E-state index in [1.165, 1.54) is 6.42 Å². The number of halogens is 1. The minimum absolute atomic E-state index is 0.465. The Morgan fingerprint density at radius 1 is 1.62 bits per heavy atom. The van der Waals surface area contributed by atoms with Crippen LogP contribution in [0.25, 0.3) is 0 Å². The second-order valence-corrected chi connectivity index (χ2v) is 3.64. The van der Waals surface area contributed by atoms with Crippen molar-refractivity contribution in [2.24, 2.45) is 5.92 Å². The fraction of sp³-hybridized carbons (Fsp3) is 0.800. The first kappa shape index (κ1) is 11.0. The van der Waals surface area contributed by atoms with Gasteiger partial charge in [-0.2, -0.15) is 0 Å². The molecule has 0 spiro atoms. The highest BCUT2D eigenvalue weighted by Crippen LogP contribution is 2.22. The molecule has 0 aromatic heterocycles. The molecule has 1 aliphatic rings. The van der Waals surface area contributed by atoms with Crippen LogP contribution >= 0.6 is 11.6 Å². The van der Waals surface area contributed by atoms with Gasteiger partial charge in [0, 0.05) is 25.2 Å². The summed E-state index contributed by atoms with van der Waals surface area (Å²) < 4.78 is 5.59. The van der Waals surface area contributed by atoms with E-state index < -0.39 is 0 Å². The Hall–Kier alpha value is -0.0500. The first-order valence-electron chi connectivity index (χ1n) is 4.96. The first-order chi connectivity index (χ1) is 6.38. The van der Waals surface area contributed by atoms with Crippen LogP contribution in [-0.2, 0) is 4.74 Å². The van der Waals surface area contributed by atoms with Gasteiger partial charge in [0.15, 0.2) is 0 Å². The highest BCUT2D eigenvalue weighted by molar-refractivity contribution is 6.25. The fourth-order valence-electron chi connectivity index (χ4n) is 1.77. The molecule has 0 bridgehead atoms. The zero-order chi connectivity index (χ0) is 9.52. The van der Waals surface area contributed by atoms with E-state index >= 15 is 0 Å². The van der Waals surface area contributed by atoms with Gasteiger partial charge >= 0.3 is 0 Å². The summed E-state index contributed by atoms with van der Waals surface area (Å²) in [6.45, 7) is 5.01. The van der Waals surface area contributed by atoms with Gasteiger partial charge in [-0.3, -0.25) is 0 Å². The maximum atomic E-state index is 5.59. The van der Waals surface area contributed by atoms with Crippen LogP contribution < -0.4 is 5.32 Å². The summed E-state index contributed by atoms with van der Waals surface area (Å²) in [7, 11) is 0. The minimum Gasteiger partial charge on any atom is -0.378 e. The molecule has 1 rings (SSSR count). The lowest BCUT2D eigenvalue weighted by Crippen LogP contribution is -2.28. The van der Waals surface area contributed by atoms with E-state index in [4.69, 9.17) is 16.3 Å². The summed E-state index contributed by atoms with van der Waals surface area (Å²) in [6, 6.07) is 0. The zero-order valence-corrected chi connectivity index (χ0v) is 8.89. The highest BCUT2D eigenvalue weighted by Gasteiger charge is 2.25. The molecular weight excluding hydrogens is 186 g/mol. The Morgan fingerprint density at radius 3 is 3.15 bits per heavy atom. The van der Waals surface area contributed by atoms with Crippen molar-refractivity contribution in [1.82, 2.24) is 5.32 Å². The standard InChI is InChI=1S/C10H18ClNO/c1-2-10-9(4-7-13-10)8-12-6-3-5-11/h3,5,9-10,12H,2,4,6-8H2,1H3/b5-3+. The fourth-order valence-corrected chi connectivity index (χ4v) is 1.86. The van der Waals surface area contributed by atoms with Crippen LogP contribution in [0.4, 0.5) is 0 Å². The Labute approximate surface area is 85.3 Å². The summed E-state index contributed by atoms with van der Waals surface area (Å²) >= 11 is 5.41. The zero-order valence-electron chi connectivity index (χ0n) is 8.13. The molecule has 1 heterocycles. The van der Waals surface area contributed by atoms with Gasteiger partial charge in [0.25, 0.3) is 0 Å². The minimum atomic E-state index is 0.465. The van der Waals surface area contributed by atoms with Crippen LogP contribution in [0, 0.1) is 5.92 Å². The number of hydrogen-bond donors (Lipinski definition) is 1. The predicted octanol–water partition coefficient (Wildman–Crippen LogP) is 2.14. The molecule has 2 nitrogen and oxygen atoms in total. The predicted molar refractivity (Wildman–Crippen MR) is 56.0 cm³/mol. The number of rotatable bonds is 5.